The van der Waals surface area contributed by atoms with Gasteiger partial charge in [0, 0.05) is 12.6 Å². The second-order valence-corrected chi connectivity index (χ2v) is 6.10. The second-order valence-electron chi connectivity index (χ2n) is 6.10. The minimum Gasteiger partial charge on any atom is -0.508 e. The van der Waals surface area contributed by atoms with E-state index in [9.17, 15) is 9.90 Å². The smallest absolute Gasteiger partial charge is 0.251 e. The number of allylic oxidation sites excluding steroid dienone is 3. The summed E-state index contributed by atoms with van der Waals surface area (Å²) in [7, 11) is 1.57. The molecule has 0 bridgehead atoms. The van der Waals surface area contributed by atoms with Crippen molar-refractivity contribution in [2.75, 3.05) is 7.05 Å². The second kappa shape index (κ2) is 6.41. The fourth-order valence-corrected chi connectivity index (χ4v) is 2.90. The molecule has 3 aromatic rings. The molecule has 0 heterocycles. The summed E-state index contributed by atoms with van der Waals surface area (Å²) in [5, 5.41) is 14.6. The Morgan fingerprint density at radius 1 is 0.962 bits per heavy atom. The maximum Gasteiger partial charge on any atom is 0.251 e. The number of hydrogen-bond acceptors (Lipinski definition) is 3. The fraction of sp³-hybridized carbons (Fsp3) is 0.0455. The number of benzene rings is 3. The van der Waals surface area contributed by atoms with Crippen LogP contribution in [0.3, 0.4) is 0 Å². The van der Waals surface area contributed by atoms with E-state index in [0.717, 1.165) is 33.4 Å². The van der Waals surface area contributed by atoms with E-state index in [4.69, 9.17) is 4.74 Å². The maximum absolute atomic E-state index is 11.9. The molecule has 0 aliphatic heterocycles. The molecule has 0 unspecified atom stereocenters. The molecule has 0 radical (unpaired) electrons. The molecule has 0 saturated carbocycles. The van der Waals surface area contributed by atoms with E-state index < -0.39 is 0 Å². The molecular weight excluding hydrogens is 326 g/mol. The number of phenols is 1. The summed E-state index contributed by atoms with van der Waals surface area (Å²) >= 11 is 0. The van der Waals surface area contributed by atoms with Crippen molar-refractivity contribution in [1.82, 2.24) is 5.32 Å². The van der Waals surface area contributed by atoms with Crippen molar-refractivity contribution in [3.63, 3.8) is 0 Å². The quantitative estimate of drug-likeness (QED) is 0.738. The Morgan fingerprint density at radius 2 is 1.73 bits per heavy atom. The van der Waals surface area contributed by atoms with Gasteiger partial charge in [0.15, 0.2) is 0 Å². The zero-order valence-electron chi connectivity index (χ0n) is 14.2. The van der Waals surface area contributed by atoms with Crippen molar-refractivity contribution < 1.29 is 14.6 Å². The summed E-state index contributed by atoms with van der Waals surface area (Å²) in [6.07, 6.45) is 5.77. The van der Waals surface area contributed by atoms with Crippen LogP contribution in [0, 0.1) is 0 Å². The third kappa shape index (κ3) is 3.05. The third-order valence-corrected chi connectivity index (χ3v) is 4.31. The highest BCUT2D eigenvalue weighted by molar-refractivity contribution is 5.96. The molecule has 0 fully saturated rings. The van der Waals surface area contributed by atoms with Gasteiger partial charge in [0.25, 0.3) is 5.91 Å². The Balaban J connectivity index is 1.70. The normalized spacial score (nSPS) is 12.4. The van der Waals surface area contributed by atoms with Crippen molar-refractivity contribution in [1.29, 1.82) is 0 Å². The third-order valence-electron chi connectivity index (χ3n) is 4.31. The molecule has 0 saturated heterocycles. The van der Waals surface area contributed by atoms with Gasteiger partial charge in [-0.15, -0.1) is 0 Å². The molecule has 26 heavy (non-hydrogen) atoms. The number of hydrogen-bond donors (Lipinski definition) is 2. The summed E-state index contributed by atoms with van der Waals surface area (Å²) < 4.78 is 5.74. The standard InChI is InChI=1S/C22H17NO3/c1-23-22(25)18-10-17(11-19(24)12-18)15-5-6-16-13-21(8-7-14(16)9-15)26-20-3-2-4-20/h2-13,24H,1H3,(H,23,25). The number of carbonyl (C=O) groups is 1. The first kappa shape index (κ1) is 16.0. The first-order valence-corrected chi connectivity index (χ1v) is 8.29. The van der Waals surface area contributed by atoms with Gasteiger partial charge in [0.05, 0.1) is 0 Å². The number of fused-ring (bicyclic) bond motifs is 1. The lowest BCUT2D eigenvalue weighted by Gasteiger charge is -2.11. The Kier molecular flexibility index (Phi) is 3.93. The molecule has 0 atom stereocenters. The van der Waals surface area contributed by atoms with Crippen LogP contribution < -0.4 is 10.1 Å². The average molecular weight is 343 g/mol. The molecule has 2 N–H and O–H groups in total. The van der Waals surface area contributed by atoms with Crippen molar-refractivity contribution in [3.05, 3.63) is 84.1 Å². The molecule has 1 amide bonds. The van der Waals surface area contributed by atoms with Crippen LogP contribution >= 0.6 is 0 Å². The van der Waals surface area contributed by atoms with Crippen LogP contribution in [0.15, 0.2) is 78.6 Å². The van der Waals surface area contributed by atoms with E-state index >= 15 is 0 Å². The fourth-order valence-electron chi connectivity index (χ4n) is 2.90. The highest BCUT2D eigenvalue weighted by Gasteiger charge is 2.09. The number of rotatable bonds is 4. The molecule has 128 valence electrons. The van der Waals surface area contributed by atoms with E-state index in [2.05, 4.69) is 5.32 Å². The van der Waals surface area contributed by atoms with Crippen LogP contribution in [0.25, 0.3) is 21.9 Å². The van der Waals surface area contributed by atoms with E-state index in [0.29, 0.717) is 5.56 Å². The molecule has 0 aromatic heterocycles. The van der Waals surface area contributed by atoms with Gasteiger partial charge >= 0.3 is 0 Å². The van der Waals surface area contributed by atoms with Crippen LogP contribution in [0.4, 0.5) is 0 Å². The Bertz CT molecular complexity index is 1080. The van der Waals surface area contributed by atoms with E-state index in [1.165, 1.54) is 6.07 Å². The lowest BCUT2D eigenvalue weighted by atomic mass is 9.99. The molecule has 4 heteroatoms. The maximum atomic E-state index is 11.9. The zero-order valence-corrected chi connectivity index (χ0v) is 14.2. The Morgan fingerprint density at radius 3 is 2.46 bits per heavy atom. The van der Waals surface area contributed by atoms with Crippen LogP contribution in [0.1, 0.15) is 10.4 Å². The van der Waals surface area contributed by atoms with Gasteiger partial charge in [-0.3, -0.25) is 4.79 Å². The van der Waals surface area contributed by atoms with E-state index in [-0.39, 0.29) is 11.7 Å². The summed E-state index contributed by atoms with van der Waals surface area (Å²) in [6, 6.07) is 16.8. The molecule has 4 rings (SSSR count). The molecule has 3 aromatic carbocycles. The predicted molar refractivity (Wildman–Crippen MR) is 102 cm³/mol. The zero-order chi connectivity index (χ0) is 18.1. The lowest BCUT2D eigenvalue weighted by molar-refractivity contribution is 0.0962. The van der Waals surface area contributed by atoms with Crippen molar-refractivity contribution >= 4 is 16.7 Å². The minimum atomic E-state index is -0.232. The van der Waals surface area contributed by atoms with Gasteiger partial charge in [-0.25, -0.2) is 0 Å². The molecule has 4 nitrogen and oxygen atoms in total. The number of carbonyl (C=O) groups excluding carboxylic acids is 1. The Labute approximate surface area is 151 Å². The monoisotopic (exact) mass is 343 g/mol. The summed E-state index contributed by atoms with van der Waals surface area (Å²) in [6.45, 7) is 0. The predicted octanol–water partition coefficient (Wildman–Crippen LogP) is 4.40. The number of aromatic hydroxyl groups is 1. The number of ether oxygens (including phenoxy) is 1. The molecular formula is C22H17NO3. The highest BCUT2D eigenvalue weighted by Crippen LogP contribution is 2.30. The minimum absolute atomic E-state index is 0.0618. The Hall–Kier alpha value is -3.53. The number of nitrogens with one attached hydrogen (secondary N) is 1. The van der Waals surface area contributed by atoms with E-state index in [1.54, 1.807) is 19.2 Å². The van der Waals surface area contributed by atoms with Gasteiger partial charge in [0.2, 0.25) is 0 Å². The SMILES string of the molecule is CNC(=O)c1cc(O)cc(-c2ccc3cc(OC4=CC=C4)ccc3c2)c1. The van der Waals surface area contributed by atoms with Gasteiger partial charge in [-0.1, -0.05) is 24.3 Å². The van der Waals surface area contributed by atoms with Gasteiger partial charge < -0.3 is 15.2 Å². The summed E-state index contributed by atoms with van der Waals surface area (Å²) in [5.41, 5.74) is 2.14. The lowest BCUT2D eigenvalue weighted by Crippen LogP contribution is -2.17. The first-order chi connectivity index (χ1) is 12.6. The summed E-state index contributed by atoms with van der Waals surface area (Å²) in [4.78, 5) is 11.9. The first-order valence-electron chi connectivity index (χ1n) is 8.29. The van der Waals surface area contributed by atoms with Gasteiger partial charge in [0.1, 0.15) is 17.3 Å². The van der Waals surface area contributed by atoms with Crippen LogP contribution in [-0.4, -0.2) is 18.1 Å². The van der Waals surface area contributed by atoms with Crippen molar-refractivity contribution in [3.8, 4) is 22.6 Å². The van der Waals surface area contributed by atoms with Crippen LogP contribution in [-0.2, 0) is 0 Å². The summed E-state index contributed by atoms with van der Waals surface area (Å²) in [5.74, 6) is 1.47. The molecule has 1 aliphatic rings. The van der Waals surface area contributed by atoms with Crippen LogP contribution in [0.5, 0.6) is 11.5 Å². The van der Waals surface area contributed by atoms with E-state index in [1.807, 2.05) is 54.6 Å². The highest BCUT2D eigenvalue weighted by atomic mass is 16.5. The van der Waals surface area contributed by atoms with Gasteiger partial charge in [-0.2, -0.15) is 0 Å². The van der Waals surface area contributed by atoms with Gasteiger partial charge in [-0.05, 0) is 70.4 Å². The number of amides is 1. The van der Waals surface area contributed by atoms with Crippen molar-refractivity contribution in [2.24, 2.45) is 0 Å². The largest absolute Gasteiger partial charge is 0.508 e. The molecule has 1 aliphatic carbocycles. The topological polar surface area (TPSA) is 58.6 Å². The van der Waals surface area contributed by atoms with Crippen molar-refractivity contribution in [2.45, 2.75) is 0 Å². The number of phenolic OH excluding ortho intramolecular Hbond substituents is 1. The average Bonchev–Trinajstić information content (AvgIpc) is 2.63. The molecule has 0 spiro atoms. The van der Waals surface area contributed by atoms with Crippen LogP contribution in [0.2, 0.25) is 0 Å².